The van der Waals surface area contributed by atoms with Gasteiger partial charge in [-0.3, -0.25) is 9.59 Å². The zero-order valence-electron chi connectivity index (χ0n) is 9.74. The molecule has 1 aliphatic heterocycles. The molecule has 9 heteroatoms. The number of rotatable bonds is 3. The number of ether oxygens (including phenoxy) is 1. The van der Waals surface area contributed by atoms with Crippen LogP contribution in [0.5, 0.6) is 0 Å². The van der Waals surface area contributed by atoms with E-state index in [-0.39, 0.29) is 23.9 Å². The number of nitrogens with two attached hydrogens (primary N) is 1. The number of carbonyl (C=O) groups is 3. The molecule has 2 rings (SSSR count). The van der Waals surface area contributed by atoms with E-state index in [9.17, 15) is 14.4 Å². The fraction of sp³-hybridized carbons (Fsp3) is 0.400. The number of carboxylic acids is 1. The highest BCUT2D eigenvalue weighted by molar-refractivity contribution is 7.11. The summed E-state index contributed by atoms with van der Waals surface area (Å²) in [6, 6.07) is -0.851. The van der Waals surface area contributed by atoms with Gasteiger partial charge in [-0.1, -0.05) is 0 Å². The van der Waals surface area contributed by atoms with E-state index in [0.29, 0.717) is 6.61 Å². The molecule has 1 saturated heterocycles. The minimum atomic E-state index is -1.20. The number of thiazole rings is 1. The summed E-state index contributed by atoms with van der Waals surface area (Å²) in [4.78, 5) is 39.1. The second-order valence-electron chi connectivity index (χ2n) is 3.83. The maximum Gasteiger partial charge on any atom is 0.365 e. The highest BCUT2D eigenvalue weighted by Gasteiger charge is 2.33. The standard InChI is InChI=1S/C10H11N3O5S/c11-7(14)6-3-18-2-1-13(6)9(15)5-4-19-8(12-5)10(16)17/h4,6H,1-3H2,(H2,11,14)(H,16,17). The van der Waals surface area contributed by atoms with Crippen LogP contribution >= 0.6 is 11.3 Å². The van der Waals surface area contributed by atoms with Gasteiger partial charge in [-0.2, -0.15) is 0 Å². The first-order valence-corrected chi connectivity index (χ1v) is 6.25. The molecule has 8 nitrogen and oxygen atoms in total. The summed E-state index contributed by atoms with van der Waals surface area (Å²) in [6.07, 6.45) is 0. The van der Waals surface area contributed by atoms with Crippen LogP contribution in [-0.4, -0.2) is 58.6 Å². The van der Waals surface area contributed by atoms with Crippen LogP contribution in [0.3, 0.4) is 0 Å². The average Bonchev–Trinajstić information content (AvgIpc) is 2.87. The van der Waals surface area contributed by atoms with Gasteiger partial charge in [0.15, 0.2) is 0 Å². The van der Waals surface area contributed by atoms with E-state index >= 15 is 0 Å². The SMILES string of the molecule is NC(=O)C1COCCN1C(=O)c1csc(C(=O)O)n1. The monoisotopic (exact) mass is 285 g/mol. The Kier molecular flexibility index (Phi) is 3.76. The Balaban J connectivity index is 2.21. The van der Waals surface area contributed by atoms with Crippen LogP contribution in [0.15, 0.2) is 5.38 Å². The maximum atomic E-state index is 12.2. The topological polar surface area (TPSA) is 123 Å². The van der Waals surface area contributed by atoms with Crippen molar-refractivity contribution in [1.29, 1.82) is 0 Å². The highest BCUT2D eigenvalue weighted by atomic mass is 32.1. The molecule has 3 N–H and O–H groups in total. The Hall–Kier alpha value is -2.00. The number of aromatic nitrogens is 1. The smallest absolute Gasteiger partial charge is 0.365 e. The van der Waals surface area contributed by atoms with Crippen LogP contribution in [0.1, 0.15) is 20.3 Å². The lowest BCUT2D eigenvalue weighted by molar-refractivity contribution is -0.127. The summed E-state index contributed by atoms with van der Waals surface area (Å²) in [5, 5.41) is 9.93. The number of nitrogens with zero attached hydrogens (tertiary/aromatic N) is 2. The Morgan fingerprint density at radius 2 is 2.26 bits per heavy atom. The molecule has 0 aromatic carbocycles. The van der Waals surface area contributed by atoms with E-state index in [4.69, 9.17) is 15.6 Å². The van der Waals surface area contributed by atoms with Crippen LogP contribution in [0.2, 0.25) is 0 Å². The van der Waals surface area contributed by atoms with Crippen molar-refractivity contribution in [3.05, 3.63) is 16.1 Å². The van der Waals surface area contributed by atoms with E-state index in [2.05, 4.69) is 4.98 Å². The largest absolute Gasteiger partial charge is 0.476 e. The number of carboxylic acid groups (broad SMARTS) is 1. The molecule has 2 amide bonds. The Labute approximate surface area is 111 Å². The predicted octanol–water partition coefficient (Wildman–Crippen LogP) is -0.832. The van der Waals surface area contributed by atoms with E-state index in [0.717, 1.165) is 11.3 Å². The molecule has 19 heavy (non-hydrogen) atoms. The first kappa shape index (κ1) is 13.4. The van der Waals surface area contributed by atoms with Crippen LogP contribution in [0.25, 0.3) is 0 Å². The molecule has 1 unspecified atom stereocenters. The van der Waals surface area contributed by atoms with E-state index in [1.54, 1.807) is 0 Å². The van der Waals surface area contributed by atoms with Gasteiger partial charge in [0.25, 0.3) is 5.91 Å². The summed E-state index contributed by atoms with van der Waals surface area (Å²) < 4.78 is 5.10. The molecule has 0 aliphatic carbocycles. The number of morpholine rings is 1. The molecule has 1 atom stereocenters. The summed E-state index contributed by atoms with van der Waals surface area (Å²) >= 11 is 0.854. The van der Waals surface area contributed by atoms with Gasteiger partial charge < -0.3 is 20.5 Å². The molecule has 1 fully saturated rings. The third-order valence-electron chi connectivity index (χ3n) is 2.62. The third-order valence-corrected chi connectivity index (χ3v) is 3.45. The van der Waals surface area contributed by atoms with Gasteiger partial charge in [0, 0.05) is 11.9 Å². The van der Waals surface area contributed by atoms with Crippen LogP contribution in [0, 0.1) is 0 Å². The van der Waals surface area contributed by atoms with Crippen molar-refractivity contribution >= 4 is 29.1 Å². The minimum absolute atomic E-state index is 0.00412. The molecule has 0 spiro atoms. The lowest BCUT2D eigenvalue weighted by Crippen LogP contribution is -2.54. The van der Waals surface area contributed by atoms with Gasteiger partial charge in [-0.05, 0) is 0 Å². The summed E-state index contributed by atoms with van der Waals surface area (Å²) in [5.74, 6) is -2.38. The molecule has 1 aromatic heterocycles. The van der Waals surface area contributed by atoms with Crippen molar-refractivity contribution in [2.45, 2.75) is 6.04 Å². The molecule has 0 saturated carbocycles. The van der Waals surface area contributed by atoms with E-state index in [1.807, 2.05) is 0 Å². The number of primary amides is 1. The normalized spacial score (nSPS) is 19.2. The van der Waals surface area contributed by atoms with Gasteiger partial charge in [0.1, 0.15) is 11.7 Å². The van der Waals surface area contributed by atoms with E-state index < -0.39 is 23.8 Å². The second-order valence-corrected chi connectivity index (χ2v) is 4.69. The quantitative estimate of drug-likeness (QED) is 0.747. The zero-order valence-corrected chi connectivity index (χ0v) is 10.6. The lowest BCUT2D eigenvalue weighted by atomic mass is 10.2. The van der Waals surface area contributed by atoms with Gasteiger partial charge in [-0.25, -0.2) is 9.78 Å². The number of carbonyl (C=O) groups excluding carboxylic acids is 2. The lowest BCUT2D eigenvalue weighted by Gasteiger charge is -2.32. The van der Waals surface area contributed by atoms with Crippen molar-refractivity contribution in [1.82, 2.24) is 9.88 Å². The molecule has 1 aliphatic rings. The summed E-state index contributed by atoms with van der Waals surface area (Å²) in [5.41, 5.74) is 5.20. The molecular formula is C10H11N3O5S. The third kappa shape index (κ3) is 2.71. The maximum absolute atomic E-state index is 12.2. The summed E-state index contributed by atoms with van der Waals surface area (Å²) in [7, 11) is 0. The number of aromatic carboxylic acids is 1. The average molecular weight is 285 g/mol. The molecule has 1 aromatic rings. The molecule has 2 heterocycles. The first-order valence-electron chi connectivity index (χ1n) is 5.37. The number of hydrogen-bond acceptors (Lipinski definition) is 6. The fourth-order valence-electron chi connectivity index (χ4n) is 1.70. The first-order chi connectivity index (χ1) is 9.00. The molecular weight excluding hydrogens is 274 g/mol. The van der Waals surface area contributed by atoms with Gasteiger partial charge >= 0.3 is 5.97 Å². The summed E-state index contributed by atoms with van der Waals surface area (Å²) in [6.45, 7) is 0.550. The van der Waals surface area contributed by atoms with Gasteiger partial charge in [-0.15, -0.1) is 11.3 Å². The van der Waals surface area contributed by atoms with Gasteiger partial charge in [0.2, 0.25) is 10.9 Å². The van der Waals surface area contributed by atoms with E-state index in [1.165, 1.54) is 10.3 Å². The highest BCUT2D eigenvalue weighted by Crippen LogP contribution is 2.15. The number of hydrogen-bond donors (Lipinski definition) is 2. The van der Waals surface area contributed by atoms with Gasteiger partial charge in [0.05, 0.1) is 13.2 Å². The molecule has 102 valence electrons. The fourth-order valence-corrected chi connectivity index (χ4v) is 2.33. The molecule has 0 radical (unpaired) electrons. The number of amides is 2. The Bertz CT molecular complexity index is 529. The molecule has 0 bridgehead atoms. The van der Waals surface area contributed by atoms with Crippen molar-refractivity contribution < 1.29 is 24.2 Å². The Morgan fingerprint density at radius 1 is 1.53 bits per heavy atom. The van der Waals surface area contributed by atoms with Crippen molar-refractivity contribution in [3.8, 4) is 0 Å². The van der Waals surface area contributed by atoms with Crippen molar-refractivity contribution in [2.24, 2.45) is 5.73 Å². The van der Waals surface area contributed by atoms with Crippen molar-refractivity contribution in [3.63, 3.8) is 0 Å². The van der Waals surface area contributed by atoms with Crippen molar-refractivity contribution in [2.75, 3.05) is 19.8 Å². The Morgan fingerprint density at radius 3 is 2.84 bits per heavy atom. The zero-order chi connectivity index (χ0) is 14.0. The second kappa shape index (κ2) is 5.33. The van der Waals surface area contributed by atoms with Crippen LogP contribution in [-0.2, 0) is 9.53 Å². The predicted molar refractivity (Wildman–Crippen MR) is 63.9 cm³/mol. The van der Waals surface area contributed by atoms with Crippen LogP contribution in [0.4, 0.5) is 0 Å². The minimum Gasteiger partial charge on any atom is -0.476 e. The van der Waals surface area contributed by atoms with Crippen LogP contribution < -0.4 is 5.73 Å².